The van der Waals surface area contributed by atoms with Gasteiger partial charge in [0.25, 0.3) is 0 Å². The molecule has 0 fully saturated rings. The molecule has 0 radical (unpaired) electrons. The molecule has 1 heterocycles. The Bertz CT molecular complexity index is 556. The average molecular weight is 244 g/mol. The Morgan fingerprint density at radius 3 is 2.50 bits per heavy atom. The van der Waals surface area contributed by atoms with E-state index in [4.69, 9.17) is 5.11 Å². The van der Waals surface area contributed by atoms with Gasteiger partial charge in [0.15, 0.2) is 5.69 Å². The minimum absolute atomic E-state index is 0.104. The molecule has 1 N–H and O–H groups in total. The topological polar surface area (TPSA) is 55.1 Å². The monoisotopic (exact) mass is 244 g/mol. The molecule has 18 heavy (non-hydrogen) atoms. The third kappa shape index (κ3) is 2.42. The van der Waals surface area contributed by atoms with E-state index in [-0.39, 0.29) is 5.69 Å². The van der Waals surface area contributed by atoms with Gasteiger partial charge in [-0.15, -0.1) is 0 Å². The summed E-state index contributed by atoms with van der Waals surface area (Å²) in [5.74, 6) is -0.992. The average Bonchev–Trinajstić information content (AvgIpc) is 2.73. The zero-order valence-corrected chi connectivity index (χ0v) is 10.6. The van der Waals surface area contributed by atoms with E-state index in [0.29, 0.717) is 5.56 Å². The largest absolute Gasteiger partial charge is 0.476 e. The highest BCUT2D eigenvalue weighted by atomic mass is 16.4. The highest BCUT2D eigenvalue weighted by molar-refractivity contribution is 5.86. The van der Waals surface area contributed by atoms with Gasteiger partial charge >= 0.3 is 5.97 Å². The van der Waals surface area contributed by atoms with E-state index in [1.54, 1.807) is 17.8 Å². The van der Waals surface area contributed by atoms with Crippen molar-refractivity contribution in [1.29, 1.82) is 0 Å². The second-order valence-electron chi connectivity index (χ2n) is 4.33. The summed E-state index contributed by atoms with van der Waals surface area (Å²) in [6.45, 7) is 3.89. The Morgan fingerprint density at radius 1 is 1.33 bits per heavy atom. The predicted octanol–water partition coefficient (Wildman–Crippen LogP) is 2.83. The Kier molecular flexibility index (Phi) is 3.46. The molecule has 0 bridgehead atoms. The van der Waals surface area contributed by atoms with Crippen LogP contribution in [0.2, 0.25) is 0 Å². The van der Waals surface area contributed by atoms with Gasteiger partial charge in [-0.2, -0.15) is 5.10 Å². The molecular formula is C14H16N2O2. The van der Waals surface area contributed by atoms with Gasteiger partial charge in [-0.25, -0.2) is 9.48 Å². The summed E-state index contributed by atoms with van der Waals surface area (Å²) in [6.07, 6.45) is 3.90. The third-order valence-electron chi connectivity index (χ3n) is 2.84. The Balaban J connectivity index is 2.31. The van der Waals surface area contributed by atoms with Crippen molar-refractivity contribution in [3.05, 3.63) is 47.3 Å². The molecule has 0 amide bonds. The first-order valence-electron chi connectivity index (χ1n) is 6.00. The lowest BCUT2D eigenvalue weighted by molar-refractivity contribution is 0.0689. The van der Waals surface area contributed by atoms with E-state index in [0.717, 1.165) is 18.5 Å². The molecule has 0 saturated heterocycles. The van der Waals surface area contributed by atoms with Crippen LogP contribution < -0.4 is 0 Å². The number of aryl methyl sites for hydroxylation is 2. The molecule has 1 aromatic heterocycles. The van der Waals surface area contributed by atoms with E-state index < -0.39 is 5.97 Å². The summed E-state index contributed by atoms with van der Waals surface area (Å²) < 4.78 is 1.61. The number of aromatic nitrogens is 2. The van der Waals surface area contributed by atoms with Crippen LogP contribution in [0, 0.1) is 6.92 Å². The van der Waals surface area contributed by atoms with Gasteiger partial charge < -0.3 is 5.11 Å². The fourth-order valence-corrected chi connectivity index (χ4v) is 1.91. The molecule has 0 saturated carbocycles. The molecular weight excluding hydrogens is 228 g/mol. The van der Waals surface area contributed by atoms with Gasteiger partial charge in [-0.1, -0.05) is 25.5 Å². The summed E-state index contributed by atoms with van der Waals surface area (Å²) in [7, 11) is 0. The van der Waals surface area contributed by atoms with Gasteiger partial charge in [-0.3, -0.25) is 0 Å². The van der Waals surface area contributed by atoms with Crippen molar-refractivity contribution in [2.75, 3.05) is 0 Å². The summed E-state index contributed by atoms with van der Waals surface area (Å²) in [4.78, 5) is 10.9. The molecule has 0 spiro atoms. The van der Waals surface area contributed by atoms with Crippen molar-refractivity contribution in [3.8, 4) is 5.69 Å². The molecule has 0 atom stereocenters. The second-order valence-corrected chi connectivity index (χ2v) is 4.33. The first-order valence-corrected chi connectivity index (χ1v) is 6.00. The first kappa shape index (κ1) is 12.4. The predicted molar refractivity (Wildman–Crippen MR) is 69.3 cm³/mol. The van der Waals surface area contributed by atoms with Crippen LogP contribution in [0.1, 0.15) is 35.0 Å². The molecule has 2 aromatic rings. The van der Waals surface area contributed by atoms with E-state index in [1.807, 2.05) is 12.1 Å². The number of hydrogen-bond acceptors (Lipinski definition) is 2. The second kappa shape index (κ2) is 5.04. The summed E-state index contributed by atoms with van der Waals surface area (Å²) in [5, 5.41) is 13.0. The van der Waals surface area contributed by atoms with Crippen molar-refractivity contribution in [2.24, 2.45) is 0 Å². The van der Waals surface area contributed by atoms with Crippen LogP contribution in [0.3, 0.4) is 0 Å². The molecule has 2 rings (SSSR count). The number of carboxylic acid groups (broad SMARTS) is 1. The van der Waals surface area contributed by atoms with Crippen LogP contribution in [0.5, 0.6) is 0 Å². The van der Waals surface area contributed by atoms with E-state index in [9.17, 15) is 4.79 Å². The minimum atomic E-state index is -0.992. The number of rotatable bonds is 4. The van der Waals surface area contributed by atoms with Crippen molar-refractivity contribution < 1.29 is 9.90 Å². The van der Waals surface area contributed by atoms with Crippen molar-refractivity contribution in [3.63, 3.8) is 0 Å². The highest BCUT2D eigenvalue weighted by Crippen LogP contribution is 2.13. The van der Waals surface area contributed by atoms with Gasteiger partial charge in [0.05, 0.1) is 5.69 Å². The van der Waals surface area contributed by atoms with Gasteiger partial charge in [0.2, 0.25) is 0 Å². The maximum Gasteiger partial charge on any atom is 0.356 e. The maximum atomic E-state index is 10.9. The molecule has 0 aliphatic rings. The lowest BCUT2D eigenvalue weighted by atomic mass is 10.1. The Morgan fingerprint density at radius 2 is 2.00 bits per heavy atom. The van der Waals surface area contributed by atoms with Crippen LogP contribution in [0.25, 0.3) is 5.69 Å². The van der Waals surface area contributed by atoms with Crippen molar-refractivity contribution in [2.45, 2.75) is 26.7 Å². The minimum Gasteiger partial charge on any atom is -0.476 e. The van der Waals surface area contributed by atoms with Crippen molar-refractivity contribution >= 4 is 5.97 Å². The number of benzene rings is 1. The molecule has 0 aliphatic carbocycles. The molecule has 0 aliphatic heterocycles. The number of aromatic carboxylic acids is 1. The van der Waals surface area contributed by atoms with Crippen LogP contribution in [0.15, 0.2) is 30.5 Å². The highest BCUT2D eigenvalue weighted by Gasteiger charge is 2.12. The van der Waals surface area contributed by atoms with E-state index >= 15 is 0 Å². The fraction of sp³-hybridized carbons (Fsp3) is 0.286. The summed E-state index contributed by atoms with van der Waals surface area (Å²) in [6, 6.07) is 8.03. The maximum absolute atomic E-state index is 10.9. The summed E-state index contributed by atoms with van der Waals surface area (Å²) >= 11 is 0. The quantitative estimate of drug-likeness (QED) is 0.899. The Labute approximate surface area is 106 Å². The molecule has 0 unspecified atom stereocenters. The Hall–Kier alpha value is -2.10. The van der Waals surface area contributed by atoms with Crippen LogP contribution >= 0.6 is 0 Å². The third-order valence-corrected chi connectivity index (χ3v) is 2.84. The zero-order chi connectivity index (χ0) is 13.1. The van der Waals surface area contributed by atoms with Crippen LogP contribution in [-0.2, 0) is 6.42 Å². The number of carboxylic acids is 1. The number of hydrogen-bond donors (Lipinski definition) is 1. The fourth-order valence-electron chi connectivity index (χ4n) is 1.91. The number of nitrogens with zero attached hydrogens (tertiary/aromatic N) is 2. The first-order chi connectivity index (χ1) is 8.61. The SMILES string of the molecule is CCCc1ccc(-n2cc(C)c(C(=O)O)n2)cc1. The molecule has 4 heteroatoms. The summed E-state index contributed by atoms with van der Waals surface area (Å²) in [5.41, 5.74) is 2.93. The van der Waals surface area contributed by atoms with Crippen LogP contribution in [0.4, 0.5) is 0 Å². The van der Waals surface area contributed by atoms with E-state index in [1.165, 1.54) is 5.56 Å². The number of carbonyl (C=O) groups is 1. The van der Waals surface area contributed by atoms with Gasteiger partial charge in [0.1, 0.15) is 0 Å². The molecule has 94 valence electrons. The smallest absolute Gasteiger partial charge is 0.356 e. The lowest BCUT2D eigenvalue weighted by Crippen LogP contribution is -2.01. The van der Waals surface area contributed by atoms with Crippen molar-refractivity contribution in [1.82, 2.24) is 9.78 Å². The lowest BCUT2D eigenvalue weighted by Gasteiger charge is -2.03. The molecule has 4 nitrogen and oxygen atoms in total. The normalized spacial score (nSPS) is 10.6. The van der Waals surface area contributed by atoms with Gasteiger partial charge in [-0.05, 0) is 31.0 Å². The van der Waals surface area contributed by atoms with E-state index in [2.05, 4.69) is 24.2 Å². The molecule has 1 aromatic carbocycles. The zero-order valence-electron chi connectivity index (χ0n) is 10.6. The standard InChI is InChI=1S/C14H16N2O2/c1-3-4-11-5-7-12(8-6-11)16-9-10(2)13(15-16)14(17)18/h5-9H,3-4H2,1-2H3,(H,17,18). The van der Waals surface area contributed by atoms with Crippen LogP contribution in [-0.4, -0.2) is 20.9 Å². The van der Waals surface area contributed by atoms with Gasteiger partial charge in [0, 0.05) is 11.8 Å².